The van der Waals surface area contributed by atoms with Gasteiger partial charge >= 0.3 is 0 Å². The van der Waals surface area contributed by atoms with E-state index in [1.807, 2.05) is 54.6 Å². The monoisotopic (exact) mass is 408 g/mol. The highest BCUT2D eigenvalue weighted by Crippen LogP contribution is 2.29. The summed E-state index contributed by atoms with van der Waals surface area (Å²) in [5, 5.41) is 4.58. The van der Waals surface area contributed by atoms with Crippen molar-refractivity contribution in [1.29, 1.82) is 0 Å². The minimum absolute atomic E-state index is 0.0529. The van der Waals surface area contributed by atoms with E-state index in [0.717, 1.165) is 35.0 Å². The van der Waals surface area contributed by atoms with E-state index in [1.165, 1.54) is 32.1 Å². The third kappa shape index (κ3) is 5.80. The van der Waals surface area contributed by atoms with Gasteiger partial charge in [0.05, 0.1) is 16.8 Å². The molecule has 0 bridgehead atoms. The topological polar surface area (TPSA) is 42.0 Å². The number of pyridine rings is 1. The lowest BCUT2D eigenvalue weighted by Crippen LogP contribution is -2.24. The molecule has 3 rings (SSSR count). The van der Waals surface area contributed by atoms with Crippen LogP contribution in [0, 0.1) is 0 Å². The number of benzene rings is 2. The first-order valence-corrected chi connectivity index (χ1v) is 11.0. The molecule has 3 nitrogen and oxygen atoms in total. The number of hydrogen-bond donors (Lipinski definition) is 1. The SMILES string of the molecule is CCCCCCCCCNC(=O)c1cc(-c2ccccc2Cl)nc2ccccc12. The lowest BCUT2D eigenvalue weighted by atomic mass is 10.0. The first-order valence-electron chi connectivity index (χ1n) is 10.6. The van der Waals surface area contributed by atoms with Gasteiger partial charge in [0.25, 0.3) is 5.91 Å². The Kier molecular flexibility index (Phi) is 8.06. The average Bonchev–Trinajstić information content (AvgIpc) is 2.75. The molecule has 3 aromatic rings. The van der Waals surface area contributed by atoms with Gasteiger partial charge in [0.1, 0.15) is 0 Å². The molecule has 4 heteroatoms. The standard InChI is InChI=1S/C25H29ClN2O/c1-2-3-4-5-6-7-12-17-27-25(29)21-18-24(20-14-8-10-15-22(20)26)28-23-16-11-9-13-19(21)23/h8-11,13-16,18H,2-7,12,17H2,1H3,(H,27,29). The first kappa shape index (κ1) is 21.3. The number of rotatable bonds is 10. The predicted octanol–water partition coefficient (Wildman–Crippen LogP) is 7.04. The average molecular weight is 409 g/mol. The summed E-state index contributed by atoms with van der Waals surface area (Å²) in [6.07, 6.45) is 8.61. The van der Waals surface area contributed by atoms with Crippen LogP contribution in [0.15, 0.2) is 54.6 Å². The van der Waals surface area contributed by atoms with Crippen molar-refractivity contribution in [2.24, 2.45) is 0 Å². The molecule has 152 valence electrons. The van der Waals surface area contributed by atoms with Crippen molar-refractivity contribution >= 4 is 28.4 Å². The second-order valence-corrected chi connectivity index (χ2v) is 7.84. The molecule has 1 N–H and O–H groups in total. The molecule has 2 aromatic carbocycles. The maximum Gasteiger partial charge on any atom is 0.252 e. The normalized spacial score (nSPS) is 11.0. The molecular weight excluding hydrogens is 380 g/mol. The Morgan fingerprint density at radius 1 is 0.931 bits per heavy atom. The van der Waals surface area contributed by atoms with E-state index in [2.05, 4.69) is 12.2 Å². The van der Waals surface area contributed by atoms with Crippen LogP contribution in [0.1, 0.15) is 62.2 Å². The molecule has 0 aliphatic rings. The number of nitrogens with one attached hydrogen (secondary N) is 1. The van der Waals surface area contributed by atoms with Crippen molar-refractivity contribution in [3.05, 3.63) is 65.2 Å². The molecule has 0 unspecified atom stereocenters. The van der Waals surface area contributed by atoms with E-state index >= 15 is 0 Å². The number of amides is 1. The third-order valence-electron chi connectivity index (χ3n) is 5.18. The molecule has 0 aliphatic heterocycles. The van der Waals surface area contributed by atoms with Gasteiger partial charge in [0, 0.05) is 22.5 Å². The predicted molar refractivity (Wildman–Crippen MR) is 123 cm³/mol. The lowest BCUT2D eigenvalue weighted by molar-refractivity contribution is 0.0954. The number of aromatic nitrogens is 1. The Balaban J connectivity index is 1.71. The number of para-hydroxylation sites is 1. The largest absolute Gasteiger partial charge is 0.352 e. The first-order chi connectivity index (χ1) is 14.2. The number of halogens is 1. The molecule has 1 heterocycles. The van der Waals surface area contributed by atoms with Crippen molar-refractivity contribution < 1.29 is 4.79 Å². The van der Waals surface area contributed by atoms with Crippen LogP contribution in [0.5, 0.6) is 0 Å². The smallest absolute Gasteiger partial charge is 0.252 e. The third-order valence-corrected chi connectivity index (χ3v) is 5.51. The summed E-state index contributed by atoms with van der Waals surface area (Å²) in [4.78, 5) is 17.7. The van der Waals surface area contributed by atoms with Crippen molar-refractivity contribution in [2.45, 2.75) is 51.9 Å². The zero-order chi connectivity index (χ0) is 20.5. The molecule has 0 spiro atoms. The number of hydrogen-bond acceptors (Lipinski definition) is 2. The molecule has 0 fully saturated rings. The summed E-state index contributed by atoms with van der Waals surface area (Å²) >= 11 is 6.37. The summed E-state index contributed by atoms with van der Waals surface area (Å²) in [6.45, 7) is 2.93. The zero-order valence-electron chi connectivity index (χ0n) is 17.1. The number of carbonyl (C=O) groups is 1. The Hall–Kier alpha value is -2.39. The molecule has 1 amide bonds. The highest BCUT2D eigenvalue weighted by atomic mass is 35.5. The summed E-state index contributed by atoms with van der Waals surface area (Å²) < 4.78 is 0. The fraction of sp³-hybridized carbons (Fsp3) is 0.360. The molecule has 0 saturated heterocycles. The Morgan fingerprint density at radius 3 is 2.41 bits per heavy atom. The molecule has 0 radical (unpaired) electrons. The van der Waals surface area contributed by atoms with Crippen molar-refractivity contribution in [1.82, 2.24) is 10.3 Å². The molecule has 1 aromatic heterocycles. The number of unbranched alkanes of at least 4 members (excludes halogenated alkanes) is 6. The fourth-order valence-electron chi connectivity index (χ4n) is 3.55. The van der Waals surface area contributed by atoms with Gasteiger partial charge in [-0.1, -0.05) is 93.4 Å². The van der Waals surface area contributed by atoms with Crippen LogP contribution in [-0.2, 0) is 0 Å². The fourth-order valence-corrected chi connectivity index (χ4v) is 3.78. The van der Waals surface area contributed by atoms with Crippen LogP contribution in [0.3, 0.4) is 0 Å². The van der Waals surface area contributed by atoms with E-state index in [-0.39, 0.29) is 5.91 Å². The Labute approximate surface area is 178 Å². The van der Waals surface area contributed by atoms with Crippen molar-refractivity contribution in [3.8, 4) is 11.3 Å². The second kappa shape index (κ2) is 11.0. The highest BCUT2D eigenvalue weighted by Gasteiger charge is 2.14. The van der Waals surface area contributed by atoms with Crippen molar-refractivity contribution in [2.75, 3.05) is 6.54 Å². The van der Waals surface area contributed by atoms with Gasteiger partial charge in [-0.2, -0.15) is 0 Å². The summed E-state index contributed by atoms with van der Waals surface area (Å²) in [7, 11) is 0. The van der Waals surface area contributed by atoms with Gasteiger partial charge in [-0.25, -0.2) is 4.98 Å². The Morgan fingerprint density at radius 2 is 1.62 bits per heavy atom. The van der Waals surface area contributed by atoms with Gasteiger partial charge in [-0.05, 0) is 24.6 Å². The molecular formula is C25H29ClN2O. The summed E-state index contributed by atoms with van der Waals surface area (Å²) in [5.74, 6) is -0.0529. The van der Waals surface area contributed by atoms with Crippen LogP contribution >= 0.6 is 11.6 Å². The van der Waals surface area contributed by atoms with Crippen LogP contribution in [0.25, 0.3) is 22.2 Å². The van der Waals surface area contributed by atoms with Gasteiger partial charge < -0.3 is 5.32 Å². The van der Waals surface area contributed by atoms with Crippen LogP contribution in [0.2, 0.25) is 5.02 Å². The number of carbonyl (C=O) groups excluding carboxylic acids is 1. The Bertz CT molecular complexity index is 954. The molecule has 0 atom stereocenters. The molecule has 29 heavy (non-hydrogen) atoms. The minimum Gasteiger partial charge on any atom is -0.352 e. The highest BCUT2D eigenvalue weighted by molar-refractivity contribution is 6.33. The van der Waals surface area contributed by atoms with Crippen LogP contribution in [0.4, 0.5) is 0 Å². The van der Waals surface area contributed by atoms with Gasteiger partial charge in [-0.15, -0.1) is 0 Å². The van der Waals surface area contributed by atoms with E-state index in [1.54, 1.807) is 0 Å². The molecule has 0 saturated carbocycles. The van der Waals surface area contributed by atoms with E-state index < -0.39 is 0 Å². The maximum atomic E-state index is 12.9. The maximum absolute atomic E-state index is 12.9. The van der Waals surface area contributed by atoms with Crippen LogP contribution < -0.4 is 5.32 Å². The van der Waals surface area contributed by atoms with E-state index in [9.17, 15) is 4.79 Å². The van der Waals surface area contributed by atoms with Gasteiger partial charge in [0.15, 0.2) is 0 Å². The quantitative estimate of drug-likeness (QED) is 0.365. The van der Waals surface area contributed by atoms with Crippen molar-refractivity contribution in [3.63, 3.8) is 0 Å². The molecule has 0 aliphatic carbocycles. The minimum atomic E-state index is -0.0529. The lowest BCUT2D eigenvalue weighted by Gasteiger charge is -2.11. The van der Waals surface area contributed by atoms with Crippen LogP contribution in [-0.4, -0.2) is 17.4 Å². The second-order valence-electron chi connectivity index (χ2n) is 7.43. The van der Waals surface area contributed by atoms with Gasteiger partial charge in [0.2, 0.25) is 0 Å². The van der Waals surface area contributed by atoms with E-state index in [4.69, 9.17) is 16.6 Å². The summed E-state index contributed by atoms with van der Waals surface area (Å²) in [5.41, 5.74) is 3.00. The number of fused-ring (bicyclic) bond motifs is 1. The van der Waals surface area contributed by atoms with Gasteiger partial charge in [-0.3, -0.25) is 4.79 Å². The number of nitrogens with zero attached hydrogens (tertiary/aromatic N) is 1. The zero-order valence-corrected chi connectivity index (χ0v) is 17.8. The van der Waals surface area contributed by atoms with E-state index in [0.29, 0.717) is 17.1 Å². The summed E-state index contributed by atoms with van der Waals surface area (Å²) in [6, 6.07) is 17.2.